The van der Waals surface area contributed by atoms with Crippen molar-refractivity contribution in [1.29, 1.82) is 0 Å². The SMILES string of the molecule is Cc1nc(CC(N)CC(C)CC(C)(C)C)sc1C. The van der Waals surface area contributed by atoms with E-state index in [9.17, 15) is 0 Å². The van der Waals surface area contributed by atoms with E-state index in [0.717, 1.165) is 18.5 Å². The Kier molecular flexibility index (Phi) is 5.35. The lowest BCUT2D eigenvalue weighted by atomic mass is 9.83. The third-order valence-corrected chi connectivity index (χ3v) is 4.27. The second-order valence-corrected chi connectivity index (χ2v) is 8.11. The van der Waals surface area contributed by atoms with Crippen LogP contribution in [-0.4, -0.2) is 11.0 Å². The predicted octanol–water partition coefficient (Wildman–Crippen LogP) is 4.09. The normalized spacial score (nSPS) is 15.7. The largest absolute Gasteiger partial charge is 0.327 e. The smallest absolute Gasteiger partial charge is 0.0946 e. The molecule has 0 fully saturated rings. The van der Waals surface area contributed by atoms with Gasteiger partial charge >= 0.3 is 0 Å². The molecule has 0 bridgehead atoms. The molecule has 0 aliphatic carbocycles. The average Bonchev–Trinajstić information content (AvgIpc) is 2.41. The van der Waals surface area contributed by atoms with E-state index >= 15 is 0 Å². The summed E-state index contributed by atoms with van der Waals surface area (Å²) in [6.45, 7) is 13.4. The van der Waals surface area contributed by atoms with E-state index in [1.165, 1.54) is 16.3 Å². The number of aryl methyl sites for hydroxylation is 2. The summed E-state index contributed by atoms with van der Waals surface area (Å²) in [7, 11) is 0. The van der Waals surface area contributed by atoms with E-state index in [4.69, 9.17) is 5.73 Å². The summed E-state index contributed by atoms with van der Waals surface area (Å²) in [5.41, 5.74) is 7.81. The Morgan fingerprint density at radius 1 is 1.28 bits per heavy atom. The van der Waals surface area contributed by atoms with Crippen molar-refractivity contribution >= 4 is 11.3 Å². The Labute approximate surface area is 116 Å². The van der Waals surface area contributed by atoms with E-state index in [2.05, 4.69) is 46.5 Å². The Bertz CT molecular complexity index is 357. The second kappa shape index (κ2) is 6.16. The molecular formula is C15H28N2S. The summed E-state index contributed by atoms with van der Waals surface area (Å²) in [6.07, 6.45) is 3.25. The van der Waals surface area contributed by atoms with Crippen LogP contribution < -0.4 is 5.73 Å². The van der Waals surface area contributed by atoms with Crippen molar-refractivity contribution < 1.29 is 0 Å². The minimum atomic E-state index is 0.243. The van der Waals surface area contributed by atoms with Gasteiger partial charge in [0.1, 0.15) is 0 Å². The van der Waals surface area contributed by atoms with Crippen molar-refractivity contribution in [3.05, 3.63) is 15.6 Å². The maximum Gasteiger partial charge on any atom is 0.0946 e. The zero-order valence-corrected chi connectivity index (χ0v) is 13.5. The molecule has 0 radical (unpaired) electrons. The van der Waals surface area contributed by atoms with Crippen LogP contribution in [0.4, 0.5) is 0 Å². The molecule has 0 aliphatic heterocycles. The zero-order chi connectivity index (χ0) is 13.9. The van der Waals surface area contributed by atoms with Crippen molar-refractivity contribution in [3.63, 3.8) is 0 Å². The highest BCUT2D eigenvalue weighted by molar-refractivity contribution is 7.11. The molecule has 1 rings (SSSR count). The van der Waals surface area contributed by atoms with E-state index in [0.29, 0.717) is 11.3 Å². The number of nitrogens with two attached hydrogens (primary N) is 1. The summed E-state index contributed by atoms with van der Waals surface area (Å²) in [6, 6.07) is 0.243. The molecule has 3 heteroatoms. The molecule has 1 aromatic heterocycles. The highest BCUT2D eigenvalue weighted by Crippen LogP contribution is 2.27. The third kappa shape index (κ3) is 5.49. The summed E-state index contributed by atoms with van der Waals surface area (Å²) >= 11 is 1.79. The van der Waals surface area contributed by atoms with Gasteiger partial charge in [-0.25, -0.2) is 4.98 Å². The molecule has 0 aliphatic rings. The van der Waals surface area contributed by atoms with Crippen molar-refractivity contribution in [1.82, 2.24) is 4.98 Å². The molecular weight excluding hydrogens is 240 g/mol. The van der Waals surface area contributed by atoms with E-state index < -0.39 is 0 Å². The Morgan fingerprint density at radius 2 is 1.89 bits per heavy atom. The van der Waals surface area contributed by atoms with Gasteiger partial charge in [0.25, 0.3) is 0 Å². The topological polar surface area (TPSA) is 38.9 Å². The summed E-state index contributed by atoms with van der Waals surface area (Å²) in [4.78, 5) is 5.89. The lowest BCUT2D eigenvalue weighted by molar-refractivity contribution is 0.285. The quantitative estimate of drug-likeness (QED) is 0.873. The van der Waals surface area contributed by atoms with Gasteiger partial charge in [-0.2, -0.15) is 0 Å². The predicted molar refractivity (Wildman–Crippen MR) is 81.1 cm³/mol. The van der Waals surface area contributed by atoms with Gasteiger partial charge in [0, 0.05) is 17.3 Å². The molecule has 104 valence electrons. The zero-order valence-electron chi connectivity index (χ0n) is 12.7. The molecule has 1 aromatic rings. The molecule has 0 saturated carbocycles. The lowest BCUT2D eigenvalue weighted by Gasteiger charge is -2.25. The molecule has 2 atom stereocenters. The molecule has 0 amide bonds. The van der Waals surface area contributed by atoms with Crippen LogP contribution >= 0.6 is 11.3 Å². The van der Waals surface area contributed by atoms with Crippen LogP contribution in [0.3, 0.4) is 0 Å². The fourth-order valence-corrected chi connectivity index (χ4v) is 3.61. The first kappa shape index (κ1) is 15.6. The molecule has 18 heavy (non-hydrogen) atoms. The number of hydrogen-bond acceptors (Lipinski definition) is 3. The van der Waals surface area contributed by atoms with Gasteiger partial charge in [-0.05, 0) is 38.0 Å². The Morgan fingerprint density at radius 3 is 2.33 bits per heavy atom. The van der Waals surface area contributed by atoms with Gasteiger partial charge < -0.3 is 5.73 Å². The fourth-order valence-electron chi connectivity index (χ4n) is 2.58. The summed E-state index contributed by atoms with van der Waals surface area (Å²) < 4.78 is 0. The molecule has 2 N–H and O–H groups in total. The lowest BCUT2D eigenvalue weighted by Crippen LogP contribution is -2.26. The molecule has 0 spiro atoms. The minimum Gasteiger partial charge on any atom is -0.327 e. The fraction of sp³-hybridized carbons (Fsp3) is 0.800. The van der Waals surface area contributed by atoms with Crippen LogP contribution in [0.25, 0.3) is 0 Å². The minimum absolute atomic E-state index is 0.243. The van der Waals surface area contributed by atoms with Crippen LogP contribution in [0.15, 0.2) is 0 Å². The van der Waals surface area contributed by atoms with E-state index in [-0.39, 0.29) is 6.04 Å². The molecule has 0 aromatic carbocycles. The number of hydrogen-bond donors (Lipinski definition) is 1. The molecule has 0 saturated heterocycles. The van der Waals surface area contributed by atoms with Crippen molar-refractivity contribution in [3.8, 4) is 0 Å². The number of aromatic nitrogens is 1. The van der Waals surface area contributed by atoms with Gasteiger partial charge in [0.15, 0.2) is 0 Å². The van der Waals surface area contributed by atoms with Crippen molar-refractivity contribution in [2.75, 3.05) is 0 Å². The average molecular weight is 268 g/mol. The number of rotatable bonds is 5. The first-order valence-corrected chi connectivity index (χ1v) is 7.67. The van der Waals surface area contributed by atoms with Crippen LogP contribution in [0.2, 0.25) is 0 Å². The second-order valence-electron chi connectivity index (χ2n) is 6.82. The van der Waals surface area contributed by atoms with E-state index in [1.54, 1.807) is 11.3 Å². The maximum atomic E-state index is 6.25. The molecule has 1 heterocycles. The van der Waals surface area contributed by atoms with Gasteiger partial charge in [-0.3, -0.25) is 0 Å². The summed E-state index contributed by atoms with van der Waals surface area (Å²) in [5, 5.41) is 1.19. The van der Waals surface area contributed by atoms with Gasteiger partial charge in [0.2, 0.25) is 0 Å². The first-order chi connectivity index (χ1) is 8.17. The number of nitrogens with zero attached hydrogens (tertiary/aromatic N) is 1. The Balaban J connectivity index is 2.44. The monoisotopic (exact) mass is 268 g/mol. The highest BCUT2D eigenvalue weighted by Gasteiger charge is 2.18. The van der Waals surface area contributed by atoms with Gasteiger partial charge in [-0.1, -0.05) is 27.7 Å². The number of thiazole rings is 1. The van der Waals surface area contributed by atoms with Gasteiger partial charge in [0.05, 0.1) is 10.7 Å². The van der Waals surface area contributed by atoms with Crippen LogP contribution in [0, 0.1) is 25.2 Å². The van der Waals surface area contributed by atoms with Crippen molar-refractivity contribution in [2.24, 2.45) is 17.1 Å². The van der Waals surface area contributed by atoms with Crippen LogP contribution in [0.1, 0.15) is 56.1 Å². The Hall–Kier alpha value is -0.410. The summed E-state index contributed by atoms with van der Waals surface area (Å²) in [5.74, 6) is 0.683. The van der Waals surface area contributed by atoms with E-state index in [1.807, 2.05) is 0 Å². The van der Waals surface area contributed by atoms with Crippen LogP contribution in [-0.2, 0) is 6.42 Å². The third-order valence-electron chi connectivity index (χ3n) is 3.18. The maximum absolute atomic E-state index is 6.25. The van der Waals surface area contributed by atoms with Gasteiger partial charge in [-0.15, -0.1) is 11.3 Å². The molecule has 2 nitrogen and oxygen atoms in total. The van der Waals surface area contributed by atoms with Crippen LogP contribution in [0.5, 0.6) is 0 Å². The standard InChI is InChI=1S/C15H28N2S/c1-10(9-15(4,5)6)7-13(16)8-14-17-11(2)12(3)18-14/h10,13H,7-9,16H2,1-6H3. The highest BCUT2D eigenvalue weighted by atomic mass is 32.1. The first-order valence-electron chi connectivity index (χ1n) is 6.86. The molecule has 2 unspecified atom stereocenters. The van der Waals surface area contributed by atoms with Crippen molar-refractivity contribution in [2.45, 2.75) is 66.8 Å².